The van der Waals surface area contributed by atoms with Crippen LogP contribution < -0.4 is 5.56 Å². The zero-order valence-corrected chi connectivity index (χ0v) is 19.9. The molecule has 33 heavy (non-hydrogen) atoms. The number of para-hydroxylation sites is 1. The van der Waals surface area contributed by atoms with Crippen LogP contribution in [0.25, 0.3) is 16.7 Å². The Morgan fingerprint density at radius 1 is 1.00 bits per heavy atom. The van der Waals surface area contributed by atoms with E-state index in [-0.39, 0.29) is 17.8 Å². The van der Waals surface area contributed by atoms with Crippen molar-refractivity contribution in [3.05, 3.63) is 40.4 Å². The molecular formula is C21H29N7O4S. The van der Waals surface area contributed by atoms with E-state index < -0.39 is 10.2 Å². The van der Waals surface area contributed by atoms with Crippen LogP contribution in [0.1, 0.15) is 19.7 Å². The van der Waals surface area contributed by atoms with Crippen LogP contribution in [0.4, 0.5) is 0 Å². The van der Waals surface area contributed by atoms with Crippen LogP contribution in [0.15, 0.2) is 29.1 Å². The number of fused-ring (bicyclic) bond motifs is 3. The predicted molar refractivity (Wildman–Crippen MR) is 123 cm³/mol. The number of aryl methyl sites for hydroxylation is 1. The first-order valence-corrected chi connectivity index (χ1v) is 12.6. The van der Waals surface area contributed by atoms with Gasteiger partial charge in [0.2, 0.25) is 5.78 Å². The van der Waals surface area contributed by atoms with Crippen LogP contribution in [0.5, 0.6) is 0 Å². The molecule has 5 rings (SSSR count). The molecule has 0 aliphatic carbocycles. The normalized spacial score (nSPS) is 24.1. The zero-order chi connectivity index (χ0) is 23.3. The number of piperazine rings is 1. The number of benzene rings is 1. The molecular weight excluding hydrogens is 446 g/mol. The van der Waals surface area contributed by atoms with Crippen LogP contribution in [0.3, 0.4) is 0 Å². The van der Waals surface area contributed by atoms with Crippen molar-refractivity contribution in [2.24, 2.45) is 7.05 Å². The number of ether oxygens (including phenoxy) is 1. The molecule has 0 radical (unpaired) electrons. The van der Waals surface area contributed by atoms with Crippen molar-refractivity contribution < 1.29 is 13.2 Å². The van der Waals surface area contributed by atoms with Crippen molar-refractivity contribution in [1.82, 2.24) is 32.7 Å². The van der Waals surface area contributed by atoms with Crippen molar-refractivity contribution in [3.63, 3.8) is 0 Å². The molecule has 2 atom stereocenters. The van der Waals surface area contributed by atoms with Gasteiger partial charge in [-0.1, -0.05) is 12.1 Å². The molecule has 1 aromatic carbocycles. The first kappa shape index (κ1) is 22.4. The summed E-state index contributed by atoms with van der Waals surface area (Å²) in [6, 6.07) is 7.43. The second kappa shape index (κ2) is 8.44. The summed E-state index contributed by atoms with van der Waals surface area (Å²) in [5.74, 6) is 1.22. The molecule has 2 unspecified atom stereocenters. The van der Waals surface area contributed by atoms with Crippen molar-refractivity contribution in [2.75, 3.05) is 39.3 Å². The molecule has 2 aliphatic rings. The van der Waals surface area contributed by atoms with Gasteiger partial charge in [-0.05, 0) is 26.0 Å². The lowest BCUT2D eigenvalue weighted by Crippen LogP contribution is -2.57. The Bertz CT molecular complexity index is 1330. The molecule has 11 nitrogen and oxygen atoms in total. The zero-order valence-electron chi connectivity index (χ0n) is 19.1. The van der Waals surface area contributed by atoms with Crippen molar-refractivity contribution in [3.8, 4) is 0 Å². The highest BCUT2D eigenvalue weighted by Gasteiger charge is 2.36. The van der Waals surface area contributed by atoms with Crippen LogP contribution in [0, 0.1) is 0 Å². The summed E-state index contributed by atoms with van der Waals surface area (Å²) in [4.78, 5) is 14.8. The fourth-order valence-electron chi connectivity index (χ4n) is 4.80. The third-order valence-corrected chi connectivity index (χ3v) is 8.40. The molecule has 0 N–H and O–H groups in total. The maximum atomic E-state index is 13.2. The van der Waals surface area contributed by atoms with Gasteiger partial charge in [0.15, 0.2) is 5.82 Å². The van der Waals surface area contributed by atoms with Crippen LogP contribution in [-0.4, -0.2) is 92.6 Å². The standard InChI is InChI=1S/C21H29N7O4S/c1-15-12-27(13-16(2)32-15)33(30,31)26-10-8-25(9-11-26)14-19-22-23-21-24(3)20(29)17-6-4-5-7-18(17)28(19)21/h4-7,15-16H,8-14H2,1-3H3. The van der Waals surface area contributed by atoms with E-state index in [0.29, 0.717) is 57.0 Å². The summed E-state index contributed by atoms with van der Waals surface area (Å²) in [6.45, 7) is 7.09. The predicted octanol–water partition coefficient (Wildman–Crippen LogP) is 0.0528. The smallest absolute Gasteiger partial charge is 0.282 e. The Morgan fingerprint density at radius 2 is 1.67 bits per heavy atom. The van der Waals surface area contributed by atoms with Gasteiger partial charge in [-0.25, -0.2) is 0 Å². The fourth-order valence-corrected chi connectivity index (χ4v) is 6.54. The Balaban J connectivity index is 1.34. The summed E-state index contributed by atoms with van der Waals surface area (Å²) in [7, 11) is -1.83. The van der Waals surface area contributed by atoms with Gasteiger partial charge in [0.1, 0.15) is 0 Å². The highest BCUT2D eigenvalue weighted by molar-refractivity contribution is 7.86. The lowest BCUT2D eigenvalue weighted by atomic mass is 10.2. The molecule has 2 saturated heterocycles. The first-order valence-electron chi connectivity index (χ1n) is 11.2. The van der Waals surface area contributed by atoms with E-state index in [1.165, 1.54) is 4.57 Å². The Hall–Kier alpha value is -2.38. The van der Waals surface area contributed by atoms with Crippen LogP contribution in [0.2, 0.25) is 0 Å². The minimum absolute atomic E-state index is 0.109. The van der Waals surface area contributed by atoms with E-state index in [4.69, 9.17) is 4.74 Å². The third kappa shape index (κ3) is 3.95. The fraction of sp³-hybridized carbons (Fsp3) is 0.571. The maximum absolute atomic E-state index is 13.2. The average Bonchev–Trinajstić information content (AvgIpc) is 3.21. The monoisotopic (exact) mass is 475 g/mol. The average molecular weight is 476 g/mol. The van der Waals surface area contributed by atoms with Gasteiger partial charge < -0.3 is 4.74 Å². The SMILES string of the molecule is CC1CN(S(=O)(=O)N2CCN(Cc3nnc4n(C)c(=O)c5ccccc5n34)CC2)CC(C)O1. The molecule has 2 aromatic heterocycles. The Morgan fingerprint density at radius 3 is 2.36 bits per heavy atom. The second-order valence-electron chi connectivity index (χ2n) is 8.89. The highest BCUT2D eigenvalue weighted by Crippen LogP contribution is 2.20. The van der Waals surface area contributed by atoms with E-state index in [9.17, 15) is 13.2 Å². The van der Waals surface area contributed by atoms with Crippen molar-refractivity contribution in [1.29, 1.82) is 0 Å². The van der Waals surface area contributed by atoms with Gasteiger partial charge in [-0.15, -0.1) is 10.2 Å². The van der Waals surface area contributed by atoms with E-state index in [0.717, 1.165) is 11.3 Å². The van der Waals surface area contributed by atoms with Gasteiger partial charge in [-0.2, -0.15) is 17.0 Å². The number of hydrogen-bond acceptors (Lipinski definition) is 7. The van der Waals surface area contributed by atoms with E-state index in [2.05, 4.69) is 15.1 Å². The third-order valence-electron chi connectivity index (χ3n) is 6.43. The molecule has 0 saturated carbocycles. The molecule has 2 aliphatic heterocycles. The van der Waals surface area contributed by atoms with Crippen molar-refractivity contribution >= 4 is 26.9 Å². The lowest BCUT2D eigenvalue weighted by molar-refractivity contribution is -0.0457. The van der Waals surface area contributed by atoms with E-state index in [1.807, 2.05) is 36.4 Å². The molecule has 2 fully saturated rings. The summed E-state index contributed by atoms with van der Waals surface area (Å²) in [5, 5.41) is 9.22. The minimum atomic E-state index is -3.52. The van der Waals surface area contributed by atoms with Gasteiger partial charge in [0, 0.05) is 46.3 Å². The summed E-state index contributed by atoms with van der Waals surface area (Å²) >= 11 is 0. The molecule has 4 heterocycles. The summed E-state index contributed by atoms with van der Waals surface area (Å²) in [6.07, 6.45) is -0.228. The summed E-state index contributed by atoms with van der Waals surface area (Å²) < 4.78 is 38.5. The summed E-state index contributed by atoms with van der Waals surface area (Å²) in [5.41, 5.74) is 0.662. The maximum Gasteiger partial charge on any atom is 0.282 e. The molecule has 0 bridgehead atoms. The Kier molecular flexibility index (Phi) is 5.73. The Labute approximate surface area is 192 Å². The molecule has 12 heteroatoms. The molecule has 178 valence electrons. The highest BCUT2D eigenvalue weighted by atomic mass is 32.2. The number of aromatic nitrogens is 4. The van der Waals surface area contributed by atoms with Crippen LogP contribution >= 0.6 is 0 Å². The van der Waals surface area contributed by atoms with Gasteiger partial charge in [0.25, 0.3) is 15.8 Å². The number of morpholine rings is 1. The van der Waals surface area contributed by atoms with Gasteiger partial charge in [0.05, 0.1) is 29.7 Å². The van der Waals surface area contributed by atoms with Crippen LogP contribution in [-0.2, 0) is 28.5 Å². The molecule has 0 amide bonds. The number of hydrogen-bond donors (Lipinski definition) is 0. The minimum Gasteiger partial charge on any atom is -0.373 e. The topological polar surface area (TPSA) is 105 Å². The van der Waals surface area contributed by atoms with Crippen molar-refractivity contribution in [2.45, 2.75) is 32.6 Å². The quantitative estimate of drug-likeness (QED) is 0.525. The molecule has 0 spiro atoms. The second-order valence-corrected chi connectivity index (χ2v) is 10.8. The first-order chi connectivity index (χ1) is 15.8. The van der Waals surface area contributed by atoms with E-state index in [1.54, 1.807) is 21.7 Å². The largest absolute Gasteiger partial charge is 0.373 e. The lowest BCUT2D eigenvalue weighted by Gasteiger charge is -2.40. The van der Waals surface area contributed by atoms with Gasteiger partial charge >= 0.3 is 0 Å². The number of rotatable bonds is 4. The number of nitrogens with zero attached hydrogens (tertiary/aromatic N) is 7. The molecule has 3 aromatic rings. The van der Waals surface area contributed by atoms with E-state index >= 15 is 0 Å². The van der Waals surface area contributed by atoms with Gasteiger partial charge in [-0.3, -0.25) is 18.7 Å².